The smallest absolute Gasteiger partial charge is 0.274 e. The van der Waals surface area contributed by atoms with Gasteiger partial charge in [0.1, 0.15) is 11.9 Å². The molecule has 2 amide bonds. The van der Waals surface area contributed by atoms with Gasteiger partial charge in [-0.05, 0) is 94.0 Å². The van der Waals surface area contributed by atoms with Gasteiger partial charge in [-0.2, -0.15) is 0 Å². The number of carbonyl (C=O) groups is 3. The van der Waals surface area contributed by atoms with Crippen LogP contribution in [0.15, 0.2) is 54.6 Å². The van der Waals surface area contributed by atoms with Crippen molar-refractivity contribution in [1.29, 1.82) is 0 Å². The van der Waals surface area contributed by atoms with E-state index in [0.717, 1.165) is 41.5 Å². The number of ketones is 1. The van der Waals surface area contributed by atoms with Crippen LogP contribution in [0.25, 0.3) is 10.2 Å². The maximum atomic E-state index is 14.6. The number of sulfonamides is 1. The van der Waals surface area contributed by atoms with Crippen molar-refractivity contribution in [2.24, 2.45) is 17.3 Å². The molecule has 5 atom stereocenters. The fourth-order valence-corrected chi connectivity index (χ4v) is 9.80. The Bertz CT molecular complexity index is 1920. The van der Waals surface area contributed by atoms with Crippen molar-refractivity contribution in [1.82, 2.24) is 14.6 Å². The van der Waals surface area contributed by atoms with Gasteiger partial charge in [0.05, 0.1) is 33.0 Å². The van der Waals surface area contributed by atoms with E-state index in [0.29, 0.717) is 42.9 Å². The van der Waals surface area contributed by atoms with Gasteiger partial charge < -0.3 is 9.64 Å². The van der Waals surface area contributed by atoms with Gasteiger partial charge >= 0.3 is 0 Å². The Morgan fingerprint density at radius 1 is 1.14 bits per heavy atom. The van der Waals surface area contributed by atoms with Crippen LogP contribution in [0, 0.1) is 30.0 Å². The summed E-state index contributed by atoms with van der Waals surface area (Å²) in [5.74, 6) is -2.09. The zero-order valence-electron chi connectivity index (χ0n) is 28.5. The topological polar surface area (TPSA) is 123 Å². The van der Waals surface area contributed by atoms with E-state index in [1.165, 1.54) is 17.4 Å². The van der Waals surface area contributed by atoms with Crippen molar-refractivity contribution in [2.75, 3.05) is 6.54 Å². The minimum absolute atomic E-state index is 0.163. The molecule has 0 unspecified atom stereocenters. The third-order valence-corrected chi connectivity index (χ3v) is 14.3. The highest BCUT2D eigenvalue weighted by atomic mass is 32.2. The van der Waals surface area contributed by atoms with Gasteiger partial charge in [0.2, 0.25) is 21.8 Å². The number of aromatic nitrogens is 1. The highest BCUT2D eigenvalue weighted by Crippen LogP contribution is 2.57. The van der Waals surface area contributed by atoms with E-state index in [1.807, 2.05) is 36.4 Å². The zero-order chi connectivity index (χ0) is 35.3. The summed E-state index contributed by atoms with van der Waals surface area (Å²) in [5.41, 5.74) is 0.975. The molecule has 0 radical (unpaired) electrons. The third-order valence-electron chi connectivity index (χ3n) is 11.2. The van der Waals surface area contributed by atoms with Crippen LogP contribution in [-0.4, -0.2) is 59.3 Å². The van der Waals surface area contributed by atoms with Crippen LogP contribution in [0.3, 0.4) is 0 Å². The summed E-state index contributed by atoms with van der Waals surface area (Å²) in [7, 11) is -3.90. The number of thiazole rings is 1. The largest absolute Gasteiger partial charge is 0.465 e. The second kappa shape index (κ2) is 13.5. The van der Waals surface area contributed by atoms with Crippen LogP contribution in [0.5, 0.6) is 5.19 Å². The minimum Gasteiger partial charge on any atom is -0.465 e. The highest BCUT2D eigenvalue weighted by Gasteiger charge is 2.62. The van der Waals surface area contributed by atoms with Gasteiger partial charge in [-0.1, -0.05) is 60.6 Å². The molecule has 2 saturated carbocycles. The minimum atomic E-state index is -3.90. The monoisotopic (exact) mass is 721 g/mol. The van der Waals surface area contributed by atoms with Crippen molar-refractivity contribution in [3.63, 3.8) is 0 Å². The molecule has 2 aliphatic heterocycles. The van der Waals surface area contributed by atoms with E-state index in [4.69, 9.17) is 4.74 Å². The van der Waals surface area contributed by atoms with Gasteiger partial charge in [0.15, 0.2) is 5.78 Å². The average Bonchev–Trinajstić information content (AvgIpc) is 3.88. The van der Waals surface area contributed by atoms with Gasteiger partial charge in [0, 0.05) is 18.8 Å². The van der Waals surface area contributed by atoms with Crippen LogP contribution in [0.4, 0.5) is 4.39 Å². The fourth-order valence-electron chi connectivity index (χ4n) is 7.58. The van der Waals surface area contributed by atoms with Gasteiger partial charge in [-0.3, -0.25) is 19.1 Å². The van der Waals surface area contributed by atoms with Crippen molar-refractivity contribution >= 4 is 49.2 Å². The number of ether oxygens (including phenoxy) is 1. The lowest BCUT2D eigenvalue weighted by Crippen LogP contribution is -2.47. The average molecular weight is 722 g/mol. The number of halogens is 1. The number of hydrogen-bond acceptors (Lipinski definition) is 8. The number of allylic oxidation sites excluding steroid dienone is 2. The summed E-state index contributed by atoms with van der Waals surface area (Å²) in [4.78, 5) is 49.1. The van der Waals surface area contributed by atoms with Crippen LogP contribution in [0.1, 0.15) is 82.3 Å². The molecule has 1 saturated heterocycles. The summed E-state index contributed by atoms with van der Waals surface area (Å²) in [5, 5.41) is 0.458. The number of benzene rings is 2. The summed E-state index contributed by atoms with van der Waals surface area (Å²) in [6, 6.07) is 11.8. The normalized spacial score (nSPS) is 29.0. The number of amides is 2. The Hall–Kier alpha value is -3.64. The maximum Gasteiger partial charge on any atom is 0.274 e. The molecule has 4 aliphatic rings. The fraction of sp³-hybridized carbons (Fsp3) is 0.526. The van der Waals surface area contributed by atoms with E-state index >= 15 is 0 Å². The van der Waals surface area contributed by atoms with Gasteiger partial charge in [-0.15, -0.1) is 0 Å². The van der Waals surface area contributed by atoms with Crippen molar-refractivity contribution in [3.05, 3.63) is 71.6 Å². The molecule has 266 valence electrons. The lowest BCUT2D eigenvalue weighted by Gasteiger charge is -2.29. The molecular weight excluding hydrogens is 678 g/mol. The molecule has 3 fully saturated rings. The zero-order valence-corrected chi connectivity index (χ0v) is 30.2. The third kappa shape index (κ3) is 6.97. The molecule has 1 N–H and O–H groups in total. The molecular formula is C38H44FN3O6S2. The van der Waals surface area contributed by atoms with E-state index in [-0.39, 0.29) is 42.8 Å². The number of aryl methyl sites for hydroxylation is 1. The molecule has 0 spiro atoms. The number of Topliss-reactive ketones (excluding diaryl/α,β-unsaturated/α-hetero) is 1. The number of carbonyl (C=O) groups excluding carboxylic acids is 3. The number of nitrogens with zero attached hydrogens (tertiary/aromatic N) is 2. The van der Waals surface area contributed by atoms with Crippen molar-refractivity contribution in [2.45, 2.75) is 101 Å². The summed E-state index contributed by atoms with van der Waals surface area (Å²) < 4.78 is 49.1. The maximum absolute atomic E-state index is 14.6. The highest BCUT2D eigenvalue weighted by molar-refractivity contribution is 7.91. The summed E-state index contributed by atoms with van der Waals surface area (Å²) in [6.45, 7) is 3.51. The predicted molar refractivity (Wildman–Crippen MR) is 190 cm³/mol. The van der Waals surface area contributed by atoms with Crippen LogP contribution in [-0.2, 0) is 30.8 Å². The Balaban J connectivity index is 1.19. The van der Waals surface area contributed by atoms with E-state index in [2.05, 4.69) is 9.71 Å². The van der Waals surface area contributed by atoms with Crippen molar-refractivity contribution < 1.29 is 31.9 Å². The Morgan fingerprint density at radius 3 is 2.70 bits per heavy atom. The van der Waals surface area contributed by atoms with Crippen LogP contribution < -0.4 is 9.46 Å². The lowest BCUT2D eigenvalue weighted by atomic mass is 9.89. The van der Waals surface area contributed by atoms with Crippen molar-refractivity contribution in [3.8, 4) is 5.19 Å². The number of nitrogens with one attached hydrogen (secondary N) is 1. The molecule has 3 aromatic rings. The quantitative estimate of drug-likeness (QED) is 0.279. The van der Waals surface area contributed by atoms with Crippen LogP contribution >= 0.6 is 11.3 Å². The number of rotatable bonds is 7. The first-order valence-corrected chi connectivity index (χ1v) is 20.0. The second-order valence-electron chi connectivity index (χ2n) is 15.0. The molecule has 2 aliphatic carbocycles. The standard InChI is InChI=1S/C38H44FN3O6S2/c1-24-18-25(14-15-29(24)39)19-26-10-6-4-3-5-7-11-27-21-38(27,35(45)41-50(46,47)37(2)16-17-37)22-32(43)31-20-28(23-42(31)34(26)44)48-36-40-30-12-8-9-13-33(30)49-36/h7-9,11-15,18,26-28,31H,3-6,10,16-17,19-23H2,1-2H3,(H,41,45)/b11-7-/t26-,27-,28-,31+,38-/m1/s1. The molecule has 12 heteroatoms. The first kappa shape index (κ1) is 34.8. The molecule has 1 aromatic heterocycles. The molecule has 2 aromatic carbocycles. The Labute approximate surface area is 296 Å². The lowest BCUT2D eigenvalue weighted by molar-refractivity contribution is -0.142. The second-order valence-corrected chi connectivity index (χ2v) is 18.2. The van der Waals surface area contributed by atoms with Gasteiger partial charge in [0.25, 0.3) is 5.19 Å². The number of fused-ring (bicyclic) bond motifs is 3. The summed E-state index contributed by atoms with van der Waals surface area (Å²) in [6.07, 6.45) is 9.31. The predicted octanol–water partition coefficient (Wildman–Crippen LogP) is 6.44. The van der Waals surface area contributed by atoms with E-state index in [9.17, 15) is 27.2 Å². The summed E-state index contributed by atoms with van der Waals surface area (Å²) >= 11 is 1.40. The SMILES string of the molecule is Cc1cc(C[C@H]2CCCCC/C=C\[C@@H]3C[C@@]3(C(=O)NS(=O)(=O)C3(C)CC3)CC(=O)[C@@H]3C[C@@H](Oc4nc5ccccc5s4)CN3C2=O)ccc1F. The first-order chi connectivity index (χ1) is 23.9. The molecule has 9 nitrogen and oxygen atoms in total. The molecule has 3 heterocycles. The molecule has 0 bridgehead atoms. The van der Waals surface area contributed by atoms with E-state index in [1.54, 1.807) is 30.9 Å². The van der Waals surface area contributed by atoms with Gasteiger partial charge in [-0.25, -0.2) is 17.8 Å². The van der Waals surface area contributed by atoms with Crippen LogP contribution in [0.2, 0.25) is 0 Å². The number of hydrogen-bond donors (Lipinski definition) is 1. The Morgan fingerprint density at radius 2 is 1.94 bits per heavy atom. The van der Waals surface area contributed by atoms with E-state index < -0.39 is 44.2 Å². The molecule has 7 rings (SSSR count). The Kier molecular flexibility index (Phi) is 9.38. The molecule has 50 heavy (non-hydrogen) atoms. The first-order valence-electron chi connectivity index (χ1n) is 17.7. The number of para-hydroxylation sites is 1.